The van der Waals surface area contributed by atoms with E-state index in [1.165, 1.54) is 0 Å². The van der Waals surface area contributed by atoms with Gasteiger partial charge in [-0.25, -0.2) is 15.2 Å². The number of hydrogen-bond acceptors (Lipinski definition) is 5. The van der Waals surface area contributed by atoms with Crippen LogP contribution in [0.5, 0.6) is 5.75 Å². The van der Waals surface area contributed by atoms with E-state index in [0.717, 1.165) is 63.7 Å². The van der Waals surface area contributed by atoms with Gasteiger partial charge in [-0.05, 0) is 13.0 Å². The Balaban J connectivity index is 1.47. The van der Waals surface area contributed by atoms with Gasteiger partial charge in [-0.15, -0.1) is 0 Å². The first kappa shape index (κ1) is 17.3. The first-order valence-corrected chi connectivity index (χ1v) is 10.4. The predicted octanol–water partition coefficient (Wildman–Crippen LogP) is 4.46. The standard InChI is InChI=1S/C20H20BN5OS/c1-13-8-25-9-15(7-17(27-2)19(25)23-13)18-11-26-10-16(24-20(26)28-18)14-3-5-21(12-22)6-4-14/h7-11,14H,3-6H2,1-2H3. The normalized spacial score (nSPS) is 15.4. The molecule has 5 heterocycles. The highest BCUT2D eigenvalue weighted by Crippen LogP contribution is 2.36. The third-order valence-electron chi connectivity index (χ3n) is 5.64. The lowest BCUT2D eigenvalue weighted by molar-refractivity contribution is 0.417. The lowest BCUT2D eigenvalue weighted by atomic mass is 9.41. The molecule has 140 valence electrons. The van der Waals surface area contributed by atoms with Gasteiger partial charge < -0.3 is 9.14 Å². The van der Waals surface area contributed by atoms with Gasteiger partial charge >= 0.3 is 0 Å². The molecule has 1 aliphatic rings. The number of ether oxygens (including phenoxy) is 1. The van der Waals surface area contributed by atoms with Crippen molar-refractivity contribution in [3.05, 3.63) is 42.2 Å². The van der Waals surface area contributed by atoms with Gasteiger partial charge in [0.1, 0.15) is 0 Å². The van der Waals surface area contributed by atoms with E-state index in [1.54, 1.807) is 18.4 Å². The van der Waals surface area contributed by atoms with Crippen LogP contribution >= 0.6 is 11.3 Å². The lowest BCUT2D eigenvalue weighted by Crippen LogP contribution is -2.18. The fourth-order valence-electron chi connectivity index (χ4n) is 4.14. The number of rotatable bonds is 3. The molecule has 1 aliphatic heterocycles. The zero-order chi connectivity index (χ0) is 19.3. The molecule has 0 aliphatic carbocycles. The van der Waals surface area contributed by atoms with Crippen LogP contribution in [0.4, 0.5) is 0 Å². The van der Waals surface area contributed by atoms with Crippen molar-refractivity contribution in [1.82, 2.24) is 18.8 Å². The van der Waals surface area contributed by atoms with Gasteiger partial charge in [0.2, 0.25) is 0 Å². The fourth-order valence-corrected chi connectivity index (χ4v) is 5.09. The molecule has 0 radical (unpaired) electrons. The molecule has 0 amide bonds. The number of thiazole rings is 1. The van der Waals surface area contributed by atoms with E-state index in [1.807, 2.05) is 23.6 Å². The number of imidazole rings is 2. The summed E-state index contributed by atoms with van der Waals surface area (Å²) in [7, 11) is 1.68. The Bertz CT molecular complexity index is 1180. The molecule has 5 rings (SSSR count). The third-order valence-corrected chi connectivity index (χ3v) is 6.69. The van der Waals surface area contributed by atoms with Crippen molar-refractivity contribution in [2.45, 2.75) is 38.3 Å². The van der Waals surface area contributed by atoms with Gasteiger partial charge in [0.25, 0.3) is 6.71 Å². The monoisotopic (exact) mass is 389 g/mol. The Labute approximate surface area is 167 Å². The quantitative estimate of drug-likeness (QED) is 0.485. The molecule has 0 bridgehead atoms. The number of aryl methyl sites for hydroxylation is 1. The number of methoxy groups -OCH3 is 1. The number of pyridine rings is 1. The zero-order valence-electron chi connectivity index (χ0n) is 15.9. The molecule has 28 heavy (non-hydrogen) atoms. The van der Waals surface area contributed by atoms with Gasteiger partial charge in [-0.3, -0.25) is 4.40 Å². The van der Waals surface area contributed by atoms with Crippen molar-refractivity contribution in [1.29, 1.82) is 5.26 Å². The highest BCUT2D eigenvalue weighted by Gasteiger charge is 2.27. The van der Waals surface area contributed by atoms with Crippen molar-refractivity contribution >= 4 is 28.7 Å². The summed E-state index contributed by atoms with van der Waals surface area (Å²) in [6.07, 6.45) is 12.5. The van der Waals surface area contributed by atoms with Gasteiger partial charge in [0.05, 0.1) is 23.4 Å². The predicted molar refractivity (Wildman–Crippen MR) is 112 cm³/mol. The molecule has 4 aromatic heterocycles. The van der Waals surface area contributed by atoms with E-state index in [2.05, 4.69) is 33.9 Å². The molecule has 0 spiro atoms. The molecular weight excluding hydrogens is 369 g/mol. The van der Waals surface area contributed by atoms with Crippen molar-refractivity contribution in [3.8, 4) is 22.2 Å². The summed E-state index contributed by atoms with van der Waals surface area (Å²) < 4.78 is 9.70. The van der Waals surface area contributed by atoms with Gasteiger partial charge in [-0.2, -0.15) is 0 Å². The summed E-state index contributed by atoms with van der Waals surface area (Å²) in [5.41, 5.74) is 4.05. The van der Waals surface area contributed by atoms with E-state index < -0.39 is 0 Å². The summed E-state index contributed by atoms with van der Waals surface area (Å²) >= 11 is 1.69. The molecule has 8 heteroatoms. The number of nitriles is 1. The average molecular weight is 389 g/mol. The molecule has 0 N–H and O–H groups in total. The SMILES string of the molecule is COc1cc(-c2cn3cc(C4CCB(C#N)CC4)nc3s2)cn2cc(C)nc12. The largest absolute Gasteiger partial charge is 0.493 e. The molecule has 1 saturated heterocycles. The minimum absolute atomic E-state index is 0.225. The minimum atomic E-state index is 0.225. The summed E-state index contributed by atoms with van der Waals surface area (Å²) in [5, 5.41) is 9.09. The highest BCUT2D eigenvalue weighted by atomic mass is 32.1. The fraction of sp³-hybridized carbons (Fsp3) is 0.350. The first-order valence-electron chi connectivity index (χ1n) is 9.56. The van der Waals surface area contributed by atoms with E-state index in [4.69, 9.17) is 15.0 Å². The maximum atomic E-state index is 9.09. The maximum Gasteiger partial charge on any atom is 0.267 e. The highest BCUT2D eigenvalue weighted by molar-refractivity contribution is 7.20. The van der Waals surface area contributed by atoms with Gasteiger partial charge in [0, 0.05) is 42.2 Å². The van der Waals surface area contributed by atoms with E-state index in [9.17, 15) is 0 Å². The van der Waals surface area contributed by atoms with Crippen LogP contribution in [-0.4, -0.2) is 32.6 Å². The first-order chi connectivity index (χ1) is 13.6. The van der Waals surface area contributed by atoms with Gasteiger partial charge in [0.15, 0.2) is 16.4 Å². The third kappa shape index (κ3) is 2.87. The Morgan fingerprint density at radius 1 is 1.18 bits per heavy atom. The maximum absolute atomic E-state index is 9.09. The second-order valence-corrected chi connectivity index (χ2v) is 8.55. The smallest absolute Gasteiger partial charge is 0.267 e. The Hall–Kier alpha value is -2.79. The van der Waals surface area contributed by atoms with Crippen LogP contribution in [0.3, 0.4) is 0 Å². The molecule has 0 atom stereocenters. The molecule has 6 nitrogen and oxygen atoms in total. The lowest BCUT2D eigenvalue weighted by Gasteiger charge is -2.21. The van der Waals surface area contributed by atoms with Crippen LogP contribution in [0.2, 0.25) is 12.6 Å². The van der Waals surface area contributed by atoms with Crippen LogP contribution in [0.25, 0.3) is 21.0 Å². The van der Waals surface area contributed by atoms with Crippen molar-refractivity contribution in [2.75, 3.05) is 7.11 Å². The summed E-state index contributed by atoms with van der Waals surface area (Å²) in [5.74, 6) is 3.65. The number of hydrogen-bond donors (Lipinski definition) is 0. The zero-order valence-corrected chi connectivity index (χ0v) is 16.7. The number of nitrogens with zero attached hydrogens (tertiary/aromatic N) is 5. The summed E-state index contributed by atoms with van der Waals surface area (Å²) in [4.78, 5) is 11.6. The Morgan fingerprint density at radius 2 is 2.00 bits per heavy atom. The molecule has 0 aromatic carbocycles. The van der Waals surface area contributed by atoms with Crippen LogP contribution in [0.15, 0.2) is 30.9 Å². The van der Waals surface area contributed by atoms with Crippen LogP contribution < -0.4 is 4.74 Å². The topological polar surface area (TPSA) is 67.6 Å². The van der Waals surface area contributed by atoms with Crippen LogP contribution in [0.1, 0.15) is 30.1 Å². The number of fused-ring (bicyclic) bond motifs is 2. The summed E-state index contributed by atoms with van der Waals surface area (Å²) in [6.45, 7) is 2.21. The van der Waals surface area contributed by atoms with E-state index >= 15 is 0 Å². The molecule has 1 fully saturated rings. The minimum Gasteiger partial charge on any atom is -0.493 e. The van der Waals surface area contributed by atoms with Gasteiger partial charge in [-0.1, -0.05) is 36.8 Å². The van der Waals surface area contributed by atoms with Crippen LogP contribution in [0, 0.1) is 18.2 Å². The van der Waals surface area contributed by atoms with Crippen LogP contribution in [-0.2, 0) is 0 Å². The molecule has 4 aromatic rings. The second-order valence-electron chi connectivity index (χ2n) is 7.54. The summed E-state index contributed by atoms with van der Waals surface area (Å²) in [6, 6.07) is 2.04. The van der Waals surface area contributed by atoms with E-state index in [0.29, 0.717) is 5.92 Å². The van der Waals surface area contributed by atoms with Crippen molar-refractivity contribution < 1.29 is 4.74 Å². The van der Waals surface area contributed by atoms with E-state index in [-0.39, 0.29) is 6.71 Å². The van der Waals surface area contributed by atoms with Crippen molar-refractivity contribution in [3.63, 3.8) is 0 Å². The average Bonchev–Trinajstić information content (AvgIpc) is 3.39. The Kier molecular flexibility index (Phi) is 4.13. The van der Waals surface area contributed by atoms with Crippen molar-refractivity contribution in [2.24, 2.45) is 0 Å². The Morgan fingerprint density at radius 3 is 2.71 bits per heavy atom. The molecular formula is C20H20BN5OS. The molecule has 0 unspecified atom stereocenters. The number of aromatic nitrogens is 4. The molecule has 0 saturated carbocycles. The second kappa shape index (κ2) is 6.68.